The average Bonchev–Trinajstić information content (AvgIpc) is 2.47. The van der Waals surface area contributed by atoms with Gasteiger partial charge in [-0.05, 0) is 36.5 Å². The lowest BCUT2D eigenvalue weighted by molar-refractivity contribution is 0.281. The summed E-state index contributed by atoms with van der Waals surface area (Å²) < 4.78 is 40.1. The summed E-state index contributed by atoms with van der Waals surface area (Å²) >= 11 is 0. The van der Waals surface area contributed by atoms with Gasteiger partial charge in [-0.3, -0.25) is 0 Å². The standard InChI is InChI=1S/C15H22FNO3S/c1-17(10-12-5-3-2-4-6-12)21(19,20)15-8-7-13(11-18)9-14(15)16/h7-9,12,18H,2-6,10-11H2,1H3. The van der Waals surface area contributed by atoms with Crippen molar-refractivity contribution >= 4 is 10.0 Å². The Morgan fingerprint density at radius 2 is 1.95 bits per heavy atom. The first kappa shape index (κ1) is 16.4. The maximum absolute atomic E-state index is 14.0. The predicted octanol–water partition coefficient (Wildman–Crippen LogP) is 2.52. The van der Waals surface area contributed by atoms with E-state index in [0.717, 1.165) is 31.7 Å². The average molecular weight is 315 g/mol. The third-order valence-electron chi connectivity index (χ3n) is 4.11. The Bertz CT molecular complexity index is 583. The second-order valence-electron chi connectivity index (χ2n) is 5.71. The summed E-state index contributed by atoms with van der Waals surface area (Å²) in [7, 11) is -2.31. The van der Waals surface area contributed by atoms with E-state index in [0.29, 0.717) is 18.0 Å². The minimum Gasteiger partial charge on any atom is -0.392 e. The van der Waals surface area contributed by atoms with E-state index in [2.05, 4.69) is 0 Å². The number of benzene rings is 1. The van der Waals surface area contributed by atoms with Crippen LogP contribution in [0.1, 0.15) is 37.7 Å². The van der Waals surface area contributed by atoms with Gasteiger partial charge in [-0.15, -0.1) is 0 Å². The van der Waals surface area contributed by atoms with Gasteiger partial charge >= 0.3 is 0 Å². The molecule has 1 fully saturated rings. The number of aliphatic hydroxyl groups is 1. The van der Waals surface area contributed by atoms with E-state index in [1.54, 1.807) is 0 Å². The maximum atomic E-state index is 14.0. The number of hydrogen-bond donors (Lipinski definition) is 1. The fourth-order valence-electron chi connectivity index (χ4n) is 2.85. The molecule has 0 spiro atoms. The van der Waals surface area contributed by atoms with Crippen LogP contribution in [0.25, 0.3) is 0 Å². The van der Waals surface area contributed by atoms with Crippen molar-refractivity contribution in [1.82, 2.24) is 4.31 Å². The third kappa shape index (κ3) is 3.81. The third-order valence-corrected chi connectivity index (χ3v) is 5.96. The van der Waals surface area contributed by atoms with Gasteiger partial charge in [0.25, 0.3) is 0 Å². The van der Waals surface area contributed by atoms with Gasteiger partial charge in [0.15, 0.2) is 0 Å². The molecule has 0 bridgehead atoms. The molecule has 1 aliphatic rings. The van der Waals surface area contributed by atoms with Gasteiger partial charge in [0.2, 0.25) is 10.0 Å². The molecule has 0 saturated heterocycles. The fraction of sp³-hybridized carbons (Fsp3) is 0.600. The van der Waals surface area contributed by atoms with Gasteiger partial charge in [0.1, 0.15) is 10.7 Å². The maximum Gasteiger partial charge on any atom is 0.245 e. The van der Waals surface area contributed by atoms with Crippen LogP contribution >= 0.6 is 0 Å². The summed E-state index contributed by atoms with van der Waals surface area (Å²) in [4.78, 5) is -0.321. The number of rotatable bonds is 5. The highest BCUT2D eigenvalue weighted by molar-refractivity contribution is 7.89. The topological polar surface area (TPSA) is 57.6 Å². The van der Waals surface area contributed by atoms with Crippen molar-refractivity contribution in [2.45, 2.75) is 43.6 Å². The number of nitrogens with zero attached hydrogens (tertiary/aromatic N) is 1. The van der Waals surface area contributed by atoms with E-state index in [1.807, 2.05) is 0 Å². The highest BCUT2D eigenvalue weighted by Crippen LogP contribution is 2.27. The highest BCUT2D eigenvalue weighted by Gasteiger charge is 2.27. The van der Waals surface area contributed by atoms with Crippen molar-refractivity contribution in [3.8, 4) is 0 Å². The molecule has 1 aromatic carbocycles. The Morgan fingerprint density at radius 1 is 1.29 bits per heavy atom. The van der Waals surface area contributed by atoms with Crippen LogP contribution < -0.4 is 0 Å². The van der Waals surface area contributed by atoms with E-state index in [9.17, 15) is 12.8 Å². The predicted molar refractivity (Wildman–Crippen MR) is 78.7 cm³/mol. The lowest BCUT2D eigenvalue weighted by atomic mass is 9.89. The SMILES string of the molecule is CN(CC1CCCCC1)S(=O)(=O)c1ccc(CO)cc1F. The van der Waals surface area contributed by atoms with Gasteiger partial charge in [0.05, 0.1) is 6.61 Å². The molecule has 1 aliphatic carbocycles. The molecular weight excluding hydrogens is 293 g/mol. The van der Waals surface area contributed by atoms with Crippen molar-refractivity contribution < 1.29 is 17.9 Å². The Hall–Kier alpha value is -0.980. The second-order valence-corrected chi connectivity index (χ2v) is 7.73. The molecular formula is C15H22FNO3S. The van der Waals surface area contributed by atoms with Crippen LogP contribution in [0.4, 0.5) is 4.39 Å². The Kier molecular flexibility index (Phi) is 5.35. The van der Waals surface area contributed by atoms with Gasteiger partial charge in [-0.2, -0.15) is 0 Å². The zero-order valence-corrected chi connectivity index (χ0v) is 13.1. The first-order valence-corrected chi connectivity index (χ1v) is 8.75. The number of halogens is 1. The van der Waals surface area contributed by atoms with Gasteiger partial charge in [0, 0.05) is 13.6 Å². The van der Waals surface area contributed by atoms with Crippen LogP contribution in [0.5, 0.6) is 0 Å². The molecule has 0 heterocycles. The summed E-state index contributed by atoms with van der Waals surface area (Å²) in [5, 5.41) is 8.95. The van der Waals surface area contributed by atoms with Crippen molar-refractivity contribution in [3.05, 3.63) is 29.6 Å². The van der Waals surface area contributed by atoms with Crippen molar-refractivity contribution in [2.24, 2.45) is 5.92 Å². The van der Waals surface area contributed by atoms with Crippen LogP contribution in [-0.4, -0.2) is 31.4 Å². The summed E-state index contributed by atoms with van der Waals surface area (Å²) in [6.45, 7) is 0.124. The first-order chi connectivity index (χ1) is 9.95. The molecule has 6 heteroatoms. The smallest absolute Gasteiger partial charge is 0.245 e. The molecule has 0 radical (unpaired) electrons. The molecule has 0 amide bonds. The van der Waals surface area contributed by atoms with Crippen LogP contribution in [0.3, 0.4) is 0 Å². The van der Waals surface area contributed by atoms with Crippen molar-refractivity contribution in [1.29, 1.82) is 0 Å². The summed E-state index contributed by atoms with van der Waals surface area (Å²) in [6, 6.07) is 3.74. The van der Waals surface area contributed by atoms with E-state index >= 15 is 0 Å². The molecule has 2 rings (SSSR count). The van der Waals surface area contributed by atoms with E-state index < -0.39 is 15.8 Å². The number of hydrogen-bond acceptors (Lipinski definition) is 3. The molecule has 4 nitrogen and oxygen atoms in total. The Labute approximate surface area is 125 Å². The first-order valence-electron chi connectivity index (χ1n) is 7.31. The lowest BCUT2D eigenvalue weighted by Gasteiger charge is -2.26. The molecule has 0 atom stereocenters. The zero-order valence-electron chi connectivity index (χ0n) is 12.3. The molecule has 1 aromatic rings. The Morgan fingerprint density at radius 3 is 2.52 bits per heavy atom. The van der Waals surface area contributed by atoms with Crippen molar-refractivity contribution in [3.63, 3.8) is 0 Å². The normalized spacial score (nSPS) is 17.3. The molecule has 118 valence electrons. The largest absolute Gasteiger partial charge is 0.392 e. The van der Waals surface area contributed by atoms with Crippen LogP contribution in [-0.2, 0) is 16.6 Å². The van der Waals surface area contributed by atoms with Crippen LogP contribution in [0.15, 0.2) is 23.1 Å². The number of sulfonamides is 1. The van der Waals surface area contributed by atoms with E-state index in [4.69, 9.17) is 5.11 Å². The minimum absolute atomic E-state index is 0.310. The molecule has 0 unspecified atom stereocenters. The van der Waals surface area contributed by atoms with E-state index in [-0.39, 0.29) is 11.5 Å². The van der Waals surface area contributed by atoms with Crippen LogP contribution in [0.2, 0.25) is 0 Å². The Balaban J connectivity index is 2.16. The summed E-state index contributed by atoms with van der Waals surface area (Å²) in [5.74, 6) is -0.449. The molecule has 0 aromatic heterocycles. The molecule has 0 aliphatic heterocycles. The lowest BCUT2D eigenvalue weighted by Crippen LogP contribution is -2.33. The monoisotopic (exact) mass is 315 g/mol. The summed E-state index contributed by atoms with van der Waals surface area (Å²) in [5.41, 5.74) is 0.362. The van der Waals surface area contributed by atoms with Crippen molar-refractivity contribution in [2.75, 3.05) is 13.6 Å². The van der Waals surface area contributed by atoms with Gasteiger partial charge in [-0.25, -0.2) is 17.1 Å². The fourth-order valence-corrected chi connectivity index (χ4v) is 4.14. The molecule has 1 saturated carbocycles. The van der Waals surface area contributed by atoms with Gasteiger partial charge < -0.3 is 5.11 Å². The summed E-state index contributed by atoms with van der Waals surface area (Å²) in [6.07, 6.45) is 5.55. The highest BCUT2D eigenvalue weighted by atomic mass is 32.2. The zero-order chi connectivity index (χ0) is 15.5. The molecule has 1 N–H and O–H groups in total. The number of aliphatic hydroxyl groups excluding tert-OH is 1. The minimum atomic E-state index is -3.82. The van der Waals surface area contributed by atoms with Gasteiger partial charge in [-0.1, -0.05) is 25.3 Å². The quantitative estimate of drug-likeness (QED) is 0.908. The van der Waals surface area contributed by atoms with Crippen LogP contribution in [0, 0.1) is 11.7 Å². The van der Waals surface area contributed by atoms with E-state index in [1.165, 1.54) is 29.9 Å². The molecule has 21 heavy (non-hydrogen) atoms. The second kappa shape index (κ2) is 6.85.